The standard InChI is InChI=1S/C16H15Cl2N3O3/c1-23-14-4-5-15(20-19-14)24-11-6-7-21(9-11)16(22)12-3-2-10(17)8-13(12)18/h2-5,8,11H,6-7,9H2,1H3. The van der Waals surface area contributed by atoms with Crippen LogP contribution in [0.25, 0.3) is 0 Å². The molecule has 0 spiro atoms. The molecule has 1 aromatic heterocycles. The van der Waals surface area contributed by atoms with Crippen LogP contribution in [-0.2, 0) is 0 Å². The summed E-state index contributed by atoms with van der Waals surface area (Å²) in [5, 5.41) is 8.62. The monoisotopic (exact) mass is 367 g/mol. The number of rotatable bonds is 4. The molecule has 1 unspecified atom stereocenters. The van der Waals surface area contributed by atoms with Crippen LogP contribution in [0, 0.1) is 0 Å². The van der Waals surface area contributed by atoms with E-state index in [1.54, 1.807) is 35.2 Å². The van der Waals surface area contributed by atoms with Gasteiger partial charge in [-0.3, -0.25) is 4.79 Å². The van der Waals surface area contributed by atoms with Crippen LogP contribution in [0.15, 0.2) is 30.3 Å². The van der Waals surface area contributed by atoms with E-state index in [0.717, 1.165) is 0 Å². The maximum Gasteiger partial charge on any atom is 0.255 e. The second kappa shape index (κ2) is 7.23. The molecule has 2 heterocycles. The minimum Gasteiger partial charge on any atom is -0.480 e. The number of methoxy groups -OCH3 is 1. The third-order valence-electron chi connectivity index (χ3n) is 3.71. The summed E-state index contributed by atoms with van der Waals surface area (Å²) in [5.41, 5.74) is 0.436. The van der Waals surface area contributed by atoms with E-state index >= 15 is 0 Å². The second-order valence-electron chi connectivity index (χ2n) is 5.32. The Bertz CT molecular complexity index is 740. The highest BCUT2D eigenvalue weighted by molar-refractivity contribution is 6.36. The van der Waals surface area contributed by atoms with Crippen LogP contribution in [0.5, 0.6) is 11.8 Å². The lowest BCUT2D eigenvalue weighted by Crippen LogP contribution is -2.31. The lowest BCUT2D eigenvalue weighted by Gasteiger charge is -2.17. The van der Waals surface area contributed by atoms with Crippen molar-refractivity contribution >= 4 is 29.1 Å². The minimum atomic E-state index is -0.136. The van der Waals surface area contributed by atoms with E-state index in [-0.39, 0.29) is 12.0 Å². The molecule has 1 aromatic carbocycles. The summed E-state index contributed by atoms with van der Waals surface area (Å²) < 4.78 is 10.7. The van der Waals surface area contributed by atoms with Crippen molar-refractivity contribution in [3.05, 3.63) is 45.9 Å². The fourth-order valence-electron chi connectivity index (χ4n) is 2.49. The van der Waals surface area contributed by atoms with Gasteiger partial charge in [0.1, 0.15) is 6.10 Å². The number of ether oxygens (including phenoxy) is 2. The topological polar surface area (TPSA) is 64.6 Å². The molecule has 0 N–H and O–H groups in total. The van der Waals surface area contributed by atoms with E-state index in [1.807, 2.05) is 0 Å². The molecular weight excluding hydrogens is 353 g/mol. The van der Waals surface area contributed by atoms with Crippen LogP contribution in [0.4, 0.5) is 0 Å². The summed E-state index contributed by atoms with van der Waals surface area (Å²) in [6.07, 6.45) is 0.577. The number of likely N-dealkylation sites (tertiary alicyclic amines) is 1. The van der Waals surface area contributed by atoms with Gasteiger partial charge in [0.25, 0.3) is 5.91 Å². The van der Waals surface area contributed by atoms with Crippen molar-refractivity contribution < 1.29 is 14.3 Å². The maximum absolute atomic E-state index is 12.6. The Kier molecular flexibility index (Phi) is 5.06. The SMILES string of the molecule is COc1ccc(OC2CCN(C(=O)c3ccc(Cl)cc3Cl)C2)nn1. The molecule has 0 aliphatic carbocycles. The van der Waals surface area contributed by atoms with Gasteiger partial charge < -0.3 is 14.4 Å². The van der Waals surface area contributed by atoms with Gasteiger partial charge in [0.05, 0.1) is 24.2 Å². The molecule has 3 rings (SSSR count). The summed E-state index contributed by atoms with van der Waals surface area (Å²) in [6.45, 7) is 1.05. The number of carbonyl (C=O) groups excluding carboxylic acids is 1. The molecule has 1 saturated heterocycles. The first-order valence-electron chi connectivity index (χ1n) is 7.35. The summed E-state index contributed by atoms with van der Waals surface area (Å²) >= 11 is 12.0. The number of hydrogen-bond acceptors (Lipinski definition) is 5. The maximum atomic E-state index is 12.6. The largest absolute Gasteiger partial charge is 0.480 e. The van der Waals surface area contributed by atoms with Crippen LogP contribution < -0.4 is 9.47 Å². The third kappa shape index (κ3) is 3.71. The van der Waals surface area contributed by atoms with Crippen LogP contribution in [0.2, 0.25) is 10.0 Å². The zero-order chi connectivity index (χ0) is 17.1. The summed E-state index contributed by atoms with van der Waals surface area (Å²) in [5.74, 6) is 0.686. The number of halogens is 2. The zero-order valence-corrected chi connectivity index (χ0v) is 14.4. The van der Waals surface area contributed by atoms with Crippen LogP contribution >= 0.6 is 23.2 Å². The number of nitrogens with zero attached hydrogens (tertiary/aromatic N) is 3. The Morgan fingerprint density at radius 2 is 1.96 bits per heavy atom. The molecule has 0 saturated carbocycles. The average molecular weight is 368 g/mol. The zero-order valence-electron chi connectivity index (χ0n) is 12.9. The molecule has 1 fully saturated rings. The fourth-order valence-corrected chi connectivity index (χ4v) is 2.98. The lowest BCUT2D eigenvalue weighted by atomic mass is 10.2. The molecule has 1 aliphatic heterocycles. The molecule has 24 heavy (non-hydrogen) atoms. The van der Waals surface area contributed by atoms with E-state index in [0.29, 0.717) is 46.9 Å². The van der Waals surface area contributed by atoms with Gasteiger partial charge >= 0.3 is 0 Å². The molecule has 0 radical (unpaired) electrons. The quantitative estimate of drug-likeness (QED) is 0.830. The van der Waals surface area contributed by atoms with Gasteiger partial charge in [-0.05, 0) is 18.2 Å². The van der Waals surface area contributed by atoms with Crippen molar-refractivity contribution in [3.8, 4) is 11.8 Å². The van der Waals surface area contributed by atoms with Gasteiger partial charge in [-0.25, -0.2) is 0 Å². The van der Waals surface area contributed by atoms with Crippen molar-refractivity contribution in [2.75, 3.05) is 20.2 Å². The summed E-state index contributed by atoms with van der Waals surface area (Å²) in [6, 6.07) is 8.21. The van der Waals surface area contributed by atoms with Crippen molar-refractivity contribution in [3.63, 3.8) is 0 Å². The highest BCUT2D eigenvalue weighted by atomic mass is 35.5. The number of hydrogen-bond donors (Lipinski definition) is 0. The molecule has 8 heteroatoms. The third-order valence-corrected chi connectivity index (χ3v) is 4.25. The lowest BCUT2D eigenvalue weighted by molar-refractivity contribution is 0.0771. The molecule has 0 bridgehead atoms. The Morgan fingerprint density at radius 3 is 2.62 bits per heavy atom. The molecule has 1 atom stereocenters. The first kappa shape index (κ1) is 16.8. The number of benzene rings is 1. The summed E-state index contributed by atoms with van der Waals surface area (Å²) in [7, 11) is 1.52. The highest BCUT2D eigenvalue weighted by Crippen LogP contribution is 2.25. The van der Waals surface area contributed by atoms with Crippen molar-refractivity contribution in [1.82, 2.24) is 15.1 Å². The van der Waals surface area contributed by atoms with E-state index in [9.17, 15) is 4.79 Å². The summed E-state index contributed by atoms with van der Waals surface area (Å²) in [4.78, 5) is 14.3. The fraction of sp³-hybridized carbons (Fsp3) is 0.312. The normalized spacial score (nSPS) is 17.0. The average Bonchev–Trinajstić information content (AvgIpc) is 3.03. The van der Waals surface area contributed by atoms with Gasteiger partial charge in [0, 0.05) is 30.1 Å². The van der Waals surface area contributed by atoms with Gasteiger partial charge in [0.15, 0.2) is 0 Å². The van der Waals surface area contributed by atoms with Crippen LogP contribution in [-0.4, -0.2) is 47.3 Å². The minimum absolute atomic E-state index is 0.136. The first-order chi connectivity index (χ1) is 11.6. The Hall–Kier alpha value is -2.05. The van der Waals surface area contributed by atoms with Gasteiger partial charge in [-0.1, -0.05) is 23.2 Å². The van der Waals surface area contributed by atoms with E-state index < -0.39 is 0 Å². The Balaban J connectivity index is 1.63. The van der Waals surface area contributed by atoms with E-state index in [2.05, 4.69) is 10.2 Å². The number of aromatic nitrogens is 2. The molecule has 1 amide bonds. The second-order valence-corrected chi connectivity index (χ2v) is 6.16. The molecule has 126 valence electrons. The van der Waals surface area contributed by atoms with Crippen LogP contribution in [0.1, 0.15) is 16.8 Å². The van der Waals surface area contributed by atoms with Gasteiger partial charge in [-0.15, -0.1) is 10.2 Å². The van der Waals surface area contributed by atoms with Crippen LogP contribution in [0.3, 0.4) is 0 Å². The van der Waals surface area contributed by atoms with E-state index in [1.165, 1.54) is 7.11 Å². The van der Waals surface area contributed by atoms with Crippen molar-refractivity contribution in [1.29, 1.82) is 0 Å². The predicted octanol–water partition coefficient (Wildman–Crippen LogP) is 3.09. The van der Waals surface area contributed by atoms with Gasteiger partial charge in [-0.2, -0.15) is 0 Å². The molecule has 1 aliphatic rings. The first-order valence-corrected chi connectivity index (χ1v) is 8.11. The molecule has 6 nitrogen and oxygen atoms in total. The predicted molar refractivity (Wildman–Crippen MR) is 90.0 cm³/mol. The Morgan fingerprint density at radius 1 is 1.21 bits per heavy atom. The number of carbonyl (C=O) groups is 1. The van der Waals surface area contributed by atoms with E-state index in [4.69, 9.17) is 32.7 Å². The number of amides is 1. The van der Waals surface area contributed by atoms with Crippen molar-refractivity contribution in [2.45, 2.75) is 12.5 Å². The highest BCUT2D eigenvalue weighted by Gasteiger charge is 2.29. The van der Waals surface area contributed by atoms with Gasteiger partial charge in [0.2, 0.25) is 11.8 Å². The van der Waals surface area contributed by atoms with Crippen molar-refractivity contribution in [2.24, 2.45) is 0 Å². The Labute approximate surface area is 149 Å². The smallest absolute Gasteiger partial charge is 0.255 e. The molecular formula is C16H15Cl2N3O3. The molecule has 2 aromatic rings.